The first-order valence-corrected chi connectivity index (χ1v) is 45.4. The van der Waals surface area contributed by atoms with Gasteiger partial charge in [0.15, 0.2) is 12.2 Å². The summed E-state index contributed by atoms with van der Waals surface area (Å²) in [5, 5.41) is 10.6. The van der Waals surface area contributed by atoms with E-state index in [-0.39, 0.29) is 25.7 Å². The number of unbranched alkanes of at least 4 members (excludes halogenated alkanes) is 47. The molecule has 0 aliphatic rings. The summed E-state index contributed by atoms with van der Waals surface area (Å²) in [5.41, 5.74) is 0. The first-order valence-electron chi connectivity index (χ1n) is 42.4. The fourth-order valence-corrected chi connectivity index (χ4v) is 14.2. The van der Waals surface area contributed by atoms with Crippen LogP contribution in [0.5, 0.6) is 0 Å². The van der Waals surface area contributed by atoms with E-state index in [1.54, 1.807) is 0 Å². The van der Waals surface area contributed by atoms with Gasteiger partial charge in [0, 0.05) is 25.7 Å². The lowest BCUT2D eigenvalue weighted by molar-refractivity contribution is -0.161. The van der Waals surface area contributed by atoms with Crippen molar-refractivity contribution in [2.45, 2.75) is 446 Å². The molecule has 3 unspecified atom stereocenters. The van der Waals surface area contributed by atoms with Gasteiger partial charge in [-0.25, -0.2) is 9.13 Å². The summed E-state index contributed by atoms with van der Waals surface area (Å²) in [5.74, 6) is 0.190. The van der Waals surface area contributed by atoms with Crippen LogP contribution < -0.4 is 0 Å². The predicted octanol–water partition coefficient (Wildman–Crippen LogP) is 24.5. The van der Waals surface area contributed by atoms with Crippen molar-refractivity contribution in [1.29, 1.82) is 0 Å². The molecule has 0 aliphatic carbocycles. The topological polar surface area (TPSA) is 237 Å². The highest BCUT2D eigenvalue weighted by molar-refractivity contribution is 7.47. The van der Waals surface area contributed by atoms with E-state index < -0.39 is 97.5 Å². The molecule has 0 fully saturated rings. The Morgan fingerprint density at radius 1 is 0.287 bits per heavy atom. The zero-order valence-electron chi connectivity index (χ0n) is 66.4. The van der Waals surface area contributed by atoms with Crippen LogP contribution in [0.1, 0.15) is 427 Å². The summed E-state index contributed by atoms with van der Waals surface area (Å²) in [6.45, 7) is 11.9. The van der Waals surface area contributed by atoms with Gasteiger partial charge in [-0.05, 0) is 43.4 Å². The van der Waals surface area contributed by atoms with Crippen molar-refractivity contribution in [3.05, 3.63) is 0 Å². The Balaban J connectivity index is 5.23. The lowest BCUT2D eigenvalue weighted by Crippen LogP contribution is -2.30. The zero-order valence-corrected chi connectivity index (χ0v) is 68.2. The molecule has 0 saturated heterocycles. The van der Waals surface area contributed by atoms with Crippen molar-refractivity contribution >= 4 is 39.5 Å². The Hall–Kier alpha value is -1.94. The van der Waals surface area contributed by atoms with Crippen molar-refractivity contribution < 1.29 is 80.2 Å². The average Bonchev–Trinajstić information content (AvgIpc) is 0.921. The van der Waals surface area contributed by atoms with Gasteiger partial charge in [-0.1, -0.05) is 376 Å². The second-order valence-electron chi connectivity index (χ2n) is 30.7. The van der Waals surface area contributed by atoms with Crippen molar-refractivity contribution in [3.8, 4) is 0 Å². The summed E-state index contributed by atoms with van der Waals surface area (Å²) in [6, 6.07) is 0. The highest BCUT2D eigenvalue weighted by Crippen LogP contribution is 2.45. The fourth-order valence-electron chi connectivity index (χ4n) is 12.6. The quantitative estimate of drug-likeness (QED) is 0.0222. The van der Waals surface area contributed by atoms with Gasteiger partial charge in [-0.3, -0.25) is 37.3 Å². The van der Waals surface area contributed by atoms with Crippen molar-refractivity contribution in [2.24, 2.45) is 17.8 Å². The Bertz CT molecular complexity index is 1960. The zero-order chi connectivity index (χ0) is 74.4. The second-order valence-corrected chi connectivity index (χ2v) is 33.6. The predicted molar refractivity (Wildman–Crippen MR) is 414 cm³/mol. The van der Waals surface area contributed by atoms with E-state index >= 15 is 0 Å². The van der Waals surface area contributed by atoms with E-state index in [4.69, 9.17) is 37.0 Å². The van der Waals surface area contributed by atoms with E-state index in [1.165, 1.54) is 238 Å². The van der Waals surface area contributed by atoms with Crippen molar-refractivity contribution in [3.63, 3.8) is 0 Å². The Morgan fingerprint density at radius 3 is 0.752 bits per heavy atom. The number of phosphoric ester groups is 2. The molecule has 0 heterocycles. The molecule has 0 aromatic carbocycles. The molecule has 0 aromatic heterocycles. The van der Waals surface area contributed by atoms with Crippen LogP contribution in [0.3, 0.4) is 0 Å². The van der Waals surface area contributed by atoms with Crippen LogP contribution in [-0.4, -0.2) is 96.7 Å². The highest BCUT2D eigenvalue weighted by Gasteiger charge is 2.30. The number of phosphoric acid groups is 2. The van der Waals surface area contributed by atoms with Crippen LogP contribution in [0, 0.1) is 17.8 Å². The maximum absolute atomic E-state index is 13.1. The van der Waals surface area contributed by atoms with Crippen LogP contribution in [0.2, 0.25) is 0 Å². The van der Waals surface area contributed by atoms with E-state index in [2.05, 4.69) is 48.5 Å². The van der Waals surface area contributed by atoms with Gasteiger partial charge in [-0.15, -0.1) is 0 Å². The van der Waals surface area contributed by atoms with E-state index in [1.807, 2.05) is 0 Å². The minimum Gasteiger partial charge on any atom is -0.462 e. The second kappa shape index (κ2) is 72.3. The maximum atomic E-state index is 13.1. The Morgan fingerprint density at radius 2 is 0.505 bits per heavy atom. The molecule has 0 bridgehead atoms. The Labute approximate surface area is 619 Å². The largest absolute Gasteiger partial charge is 0.472 e. The number of ether oxygens (including phenoxy) is 4. The highest BCUT2D eigenvalue weighted by atomic mass is 31.2. The van der Waals surface area contributed by atoms with Crippen molar-refractivity contribution in [1.82, 2.24) is 0 Å². The van der Waals surface area contributed by atoms with Crippen LogP contribution in [-0.2, 0) is 65.4 Å². The van der Waals surface area contributed by atoms with Crippen LogP contribution in [0.15, 0.2) is 0 Å². The number of aliphatic hydroxyl groups excluding tert-OH is 1. The molecule has 19 heteroatoms. The molecule has 0 amide bonds. The van der Waals surface area contributed by atoms with Crippen LogP contribution in [0.4, 0.5) is 0 Å². The maximum Gasteiger partial charge on any atom is 0.472 e. The lowest BCUT2D eigenvalue weighted by atomic mass is 9.99. The number of rotatable bonds is 80. The summed E-state index contributed by atoms with van der Waals surface area (Å²) >= 11 is 0. The molecule has 101 heavy (non-hydrogen) atoms. The molecule has 0 spiro atoms. The number of carbonyl (C=O) groups is 4. The third-order valence-electron chi connectivity index (χ3n) is 19.5. The normalized spacial score (nSPS) is 14.2. The monoisotopic (exact) mass is 1480 g/mol. The van der Waals surface area contributed by atoms with Gasteiger partial charge in [0.1, 0.15) is 19.3 Å². The smallest absolute Gasteiger partial charge is 0.462 e. The summed E-state index contributed by atoms with van der Waals surface area (Å²) in [6.07, 6.45) is 61.1. The number of hydrogen-bond acceptors (Lipinski definition) is 15. The van der Waals surface area contributed by atoms with E-state index in [0.29, 0.717) is 25.7 Å². The molecule has 0 radical (unpaired) electrons. The summed E-state index contributed by atoms with van der Waals surface area (Å²) in [7, 11) is -9.92. The summed E-state index contributed by atoms with van der Waals surface area (Å²) in [4.78, 5) is 73.0. The molecule has 0 aliphatic heterocycles. The minimum atomic E-state index is -4.96. The number of carbonyl (C=O) groups excluding carboxylic acids is 4. The Kier molecular flexibility index (Phi) is 70.9. The SMILES string of the molecule is CCCCCCCCCCCCCCCCCCCCCCC(=O)O[C@H](COC(=O)CCCCCCCCCCCCCCCCCC(C)C)COP(=O)(O)OC[C@@H](O)COP(=O)(O)OC[C@@H](COC(=O)CCCCCCCCCCC(C)C)OC(=O)CCCCCCCCCCC(C)CC. The molecule has 600 valence electrons. The van der Waals surface area contributed by atoms with Crippen molar-refractivity contribution in [2.75, 3.05) is 39.6 Å². The first kappa shape index (κ1) is 99.1. The van der Waals surface area contributed by atoms with Gasteiger partial charge >= 0.3 is 39.5 Å². The standard InChI is InChI=1S/C82H160O17P2/c1-8-10-11-12-13-14-15-16-17-18-19-20-21-24-28-31-34-44-51-58-65-81(86)98-77(69-92-79(84)63-56-49-42-33-30-27-25-22-23-26-29-32-39-46-53-60-73(3)4)71-96-100(88,89)94-67-76(83)68-95-101(90,91)97-72-78(70-93-80(85)64-57-50-43-37-35-40-47-54-61-74(5)6)99-82(87)66-59-52-45-38-36-41-48-55-62-75(7)9-2/h73-78,83H,8-72H2,1-7H3,(H,88,89)(H,90,91)/t75?,76-,77-,78-/m1/s1. The molecule has 17 nitrogen and oxygen atoms in total. The van der Waals surface area contributed by atoms with Crippen LogP contribution in [0.25, 0.3) is 0 Å². The van der Waals surface area contributed by atoms with E-state index in [0.717, 1.165) is 108 Å². The molecule has 3 N–H and O–H groups in total. The summed E-state index contributed by atoms with van der Waals surface area (Å²) < 4.78 is 68.7. The molecule has 0 saturated carbocycles. The third kappa shape index (κ3) is 74.7. The molecule has 6 atom stereocenters. The number of esters is 4. The lowest BCUT2D eigenvalue weighted by Gasteiger charge is -2.21. The molecule has 0 aromatic rings. The molecular formula is C82H160O17P2. The molecular weight excluding hydrogens is 1320 g/mol. The van der Waals surface area contributed by atoms with E-state index in [9.17, 15) is 43.2 Å². The van der Waals surface area contributed by atoms with Gasteiger partial charge in [0.25, 0.3) is 0 Å². The minimum absolute atomic E-state index is 0.105. The average molecular weight is 1480 g/mol. The third-order valence-corrected chi connectivity index (χ3v) is 21.4. The van der Waals surface area contributed by atoms with Gasteiger partial charge in [-0.2, -0.15) is 0 Å². The van der Waals surface area contributed by atoms with Gasteiger partial charge in [0.2, 0.25) is 0 Å². The molecule has 0 rings (SSSR count). The first-order chi connectivity index (χ1) is 48.8. The number of hydrogen-bond donors (Lipinski definition) is 3. The fraction of sp³-hybridized carbons (Fsp3) is 0.951. The van der Waals surface area contributed by atoms with Crippen LogP contribution >= 0.6 is 15.6 Å². The van der Waals surface area contributed by atoms with Gasteiger partial charge < -0.3 is 33.8 Å². The van der Waals surface area contributed by atoms with Gasteiger partial charge in [0.05, 0.1) is 26.4 Å². The number of aliphatic hydroxyl groups is 1.